The third-order valence-electron chi connectivity index (χ3n) is 3.24. The summed E-state index contributed by atoms with van der Waals surface area (Å²) in [4.78, 5) is 23.1. The second kappa shape index (κ2) is 8.22. The molecule has 0 radical (unpaired) electrons. The Labute approximate surface area is 135 Å². The molecule has 6 nitrogen and oxygen atoms in total. The van der Waals surface area contributed by atoms with Gasteiger partial charge in [-0.25, -0.2) is 0 Å². The first-order valence-electron chi connectivity index (χ1n) is 7.69. The van der Waals surface area contributed by atoms with E-state index in [4.69, 9.17) is 9.47 Å². The molecule has 2 rings (SSSR count). The second-order valence-electron chi connectivity index (χ2n) is 5.47. The van der Waals surface area contributed by atoms with Gasteiger partial charge in [-0.1, -0.05) is 19.9 Å². The van der Waals surface area contributed by atoms with Crippen LogP contribution in [-0.2, 0) is 9.59 Å². The predicted molar refractivity (Wildman–Crippen MR) is 87.3 cm³/mol. The van der Waals surface area contributed by atoms with Crippen LogP contribution in [0.2, 0.25) is 0 Å². The van der Waals surface area contributed by atoms with Gasteiger partial charge in [-0.2, -0.15) is 0 Å². The molecule has 0 fully saturated rings. The number of nitrogens with one attached hydrogen (secondary N) is 2. The van der Waals surface area contributed by atoms with Crippen molar-refractivity contribution in [3.8, 4) is 11.5 Å². The lowest BCUT2D eigenvalue weighted by Gasteiger charge is -2.18. The van der Waals surface area contributed by atoms with Gasteiger partial charge in [0.05, 0.1) is 0 Å². The Hall–Kier alpha value is -2.50. The fourth-order valence-electron chi connectivity index (χ4n) is 1.97. The molecule has 1 aliphatic heterocycles. The molecule has 6 heteroatoms. The normalized spacial score (nSPS) is 13.2. The average molecular weight is 318 g/mol. The molecule has 0 saturated carbocycles. The third-order valence-corrected chi connectivity index (χ3v) is 3.24. The molecule has 1 heterocycles. The maximum absolute atomic E-state index is 11.7. The van der Waals surface area contributed by atoms with Crippen LogP contribution >= 0.6 is 0 Å². The quantitative estimate of drug-likeness (QED) is 0.613. The first-order valence-corrected chi connectivity index (χ1v) is 7.69. The highest BCUT2D eigenvalue weighted by atomic mass is 16.6. The van der Waals surface area contributed by atoms with Crippen LogP contribution in [0.3, 0.4) is 0 Å². The van der Waals surface area contributed by atoms with Crippen LogP contribution in [0.4, 0.5) is 0 Å². The van der Waals surface area contributed by atoms with Gasteiger partial charge < -0.3 is 20.1 Å². The van der Waals surface area contributed by atoms with Crippen molar-refractivity contribution in [3.63, 3.8) is 0 Å². The summed E-state index contributed by atoms with van der Waals surface area (Å²) in [5, 5.41) is 5.45. The standard InChI is InChI=1S/C17H22N2O4/c1-12(2)17(21)19-8-7-18-16(20)6-4-13-3-5-14-15(11-13)23-10-9-22-14/h3-6,11-12H,7-10H2,1-2H3,(H,18,20)(H,19,21). The van der Waals surface area contributed by atoms with Gasteiger partial charge in [0.1, 0.15) is 13.2 Å². The Morgan fingerprint density at radius 2 is 1.83 bits per heavy atom. The maximum atomic E-state index is 11.7. The van der Waals surface area contributed by atoms with Crippen LogP contribution < -0.4 is 20.1 Å². The fourth-order valence-corrected chi connectivity index (χ4v) is 1.97. The summed E-state index contributed by atoms with van der Waals surface area (Å²) in [6, 6.07) is 5.52. The average Bonchev–Trinajstić information content (AvgIpc) is 2.56. The van der Waals surface area contributed by atoms with Gasteiger partial charge in [-0.05, 0) is 23.8 Å². The Balaban J connectivity index is 1.76. The Morgan fingerprint density at radius 3 is 2.57 bits per heavy atom. The van der Waals surface area contributed by atoms with Crippen molar-refractivity contribution in [1.82, 2.24) is 10.6 Å². The minimum absolute atomic E-state index is 0.0222. The van der Waals surface area contributed by atoms with Gasteiger partial charge in [-0.3, -0.25) is 9.59 Å². The smallest absolute Gasteiger partial charge is 0.244 e. The Kier molecular flexibility index (Phi) is 6.02. The zero-order chi connectivity index (χ0) is 16.7. The number of benzene rings is 1. The van der Waals surface area contributed by atoms with E-state index in [0.29, 0.717) is 32.1 Å². The number of carbonyl (C=O) groups is 2. The van der Waals surface area contributed by atoms with E-state index in [-0.39, 0.29) is 17.7 Å². The van der Waals surface area contributed by atoms with E-state index in [1.807, 2.05) is 32.0 Å². The fraction of sp³-hybridized carbons (Fsp3) is 0.412. The molecule has 0 unspecified atom stereocenters. The first-order chi connectivity index (χ1) is 11.1. The van der Waals surface area contributed by atoms with Crippen molar-refractivity contribution in [2.24, 2.45) is 5.92 Å². The highest BCUT2D eigenvalue weighted by Gasteiger charge is 2.10. The Morgan fingerprint density at radius 1 is 1.13 bits per heavy atom. The van der Waals surface area contributed by atoms with Crippen LogP contribution in [0.1, 0.15) is 19.4 Å². The SMILES string of the molecule is CC(C)C(=O)NCCNC(=O)C=Cc1ccc2c(c1)OCCO2. The number of ether oxygens (including phenoxy) is 2. The summed E-state index contributed by atoms with van der Waals surface area (Å²) >= 11 is 0. The van der Waals surface area contributed by atoms with Gasteiger partial charge >= 0.3 is 0 Å². The molecule has 0 aliphatic carbocycles. The van der Waals surface area contributed by atoms with Gasteiger partial charge in [-0.15, -0.1) is 0 Å². The van der Waals surface area contributed by atoms with Crippen molar-refractivity contribution >= 4 is 17.9 Å². The van der Waals surface area contributed by atoms with Crippen LogP contribution in [0.15, 0.2) is 24.3 Å². The molecule has 0 saturated heterocycles. The number of fused-ring (bicyclic) bond motifs is 1. The van der Waals surface area contributed by atoms with Crippen molar-refractivity contribution in [1.29, 1.82) is 0 Å². The van der Waals surface area contributed by atoms with E-state index in [0.717, 1.165) is 11.3 Å². The molecule has 2 N–H and O–H groups in total. The largest absolute Gasteiger partial charge is 0.486 e. The highest BCUT2D eigenvalue weighted by molar-refractivity contribution is 5.91. The van der Waals surface area contributed by atoms with E-state index in [1.165, 1.54) is 6.08 Å². The van der Waals surface area contributed by atoms with Crippen LogP contribution in [-0.4, -0.2) is 38.1 Å². The summed E-state index contributed by atoms with van der Waals surface area (Å²) in [7, 11) is 0. The monoisotopic (exact) mass is 318 g/mol. The topological polar surface area (TPSA) is 76.7 Å². The van der Waals surface area contributed by atoms with Gasteiger partial charge in [0.25, 0.3) is 0 Å². The van der Waals surface area contributed by atoms with E-state index < -0.39 is 0 Å². The summed E-state index contributed by atoms with van der Waals surface area (Å²) in [6.07, 6.45) is 3.16. The second-order valence-corrected chi connectivity index (χ2v) is 5.47. The zero-order valence-corrected chi connectivity index (χ0v) is 13.4. The lowest BCUT2D eigenvalue weighted by Crippen LogP contribution is -2.35. The number of hydrogen-bond acceptors (Lipinski definition) is 4. The molecular formula is C17H22N2O4. The van der Waals surface area contributed by atoms with Gasteiger partial charge in [0.2, 0.25) is 11.8 Å². The minimum atomic E-state index is -0.210. The number of amides is 2. The molecule has 2 amide bonds. The summed E-state index contributed by atoms with van der Waals surface area (Å²) < 4.78 is 10.9. The molecule has 1 aromatic carbocycles. The third kappa shape index (κ3) is 5.32. The van der Waals surface area contributed by atoms with Crippen molar-refractivity contribution in [3.05, 3.63) is 29.8 Å². The molecule has 0 bridgehead atoms. The number of carbonyl (C=O) groups excluding carboxylic acids is 2. The molecular weight excluding hydrogens is 296 g/mol. The van der Waals surface area contributed by atoms with Crippen molar-refractivity contribution in [2.75, 3.05) is 26.3 Å². The molecule has 0 spiro atoms. The predicted octanol–water partition coefficient (Wildman–Crippen LogP) is 1.36. The molecule has 1 aromatic rings. The Bertz CT molecular complexity index is 596. The van der Waals surface area contributed by atoms with Crippen LogP contribution in [0.25, 0.3) is 6.08 Å². The molecule has 0 atom stereocenters. The van der Waals surface area contributed by atoms with Crippen LogP contribution in [0, 0.1) is 5.92 Å². The number of hydrogen-bond donors (Lipinski definition) is 2. The van der Waals surface area contributed by atoms with E-state index >= 15 is 0 Å². The van der Waals surface area contributed by atoms with E-state index in [9.17, 15) is 9.59 Å². The minimum Gasteiger partial charge on any atom is -0.486 e. The maximum Gasteiger partial charge on any atom is 0.244 e. The molecule has 124 valence electrons. The van der Waals surface area contributed by atoms with Gasteiger partial charge in [0.15, 0.2) is 11.5 Å². The molecule has 0 aromatic heterocycles. The molecule has 1 aliphatic rings. The lowest BCUT2D eigenvalue weighted by atomic mass is 10.2. The van der Waals surface area contributed by atoms with Gasteiger partial charge in [0, 0.05) is 25.1 Å². The van der Waals surface area contributed by atoms with Crippen molar-refractivity contribution < 1.29 is 19.1 Å². The lowest BCUT2D eigenvalue weighted by molar-refractivity contribution is -0.124. The van der Waals surface area contributed by atoms with E-state index in [1.54, 1.807) is 6.08 Å². The zero-order valence-electron chi connectivity index (χ0n) is 13.4. The summed E-state index contributed by atoms with van der Waals surface area (Å²) in [5.41, 5.74) is 0.859. The summed E-state index contributed by atoms with van der Waals surface area (Å²) in [5.74, 6) is 1.12. The van der Waals surface area contributed by atoms with Crippen LogP contribution in [0.5, 0.6) is 11.5 Å². The summed E-state index contributed by atoms with van der Waals surface area (Å²) in [6.45, 7) is 5.54. The first kappa shape index (κ1) is 16.9. The number of rotatable bonds is 6. The van der Waals surface area contributed by atoms with E-state index in [2.05, 4.69) is 10.6 Å². The van der Waals surface area contributed by atoms with Crippen molar-refractivity contribution in [2.45, 2.75) is 13.8 Å². The molecule has 23 heavy (non-hydrogen) atoms. The highest BCUT2D eigenvalue weighted by Crippen LogP contribution is 2.30.